The van der Waals surface area contributed by atoms with Crippen LogP contribution in [-0.2, 0) is 4.74 Å². The number of fused-ring (bicyclic) bond motifs is 5. The van der Waals surface area contributed by atoms with E-state index in [9.17, 15) is 0 Å². The predicted molar refractivity (Wildman–Crippen MR) is 128 cm³/mol. The van der Waals surface area contributed by atoms with E-state index in [0.717, 1.165) is 48.5 Å². The van der Waals surface area contributed by atoms with Crippen LogP contribution in [0.25, 0.3) is 0 Å². The minimum absolute atomic E-state index is 0.381. The summed E-state index contributed by atoms with van der Waals surface area (Å²) in [5.41, 5.74) is 2.53. The van der Waals surface area contributed by atoms with E-state index in [1.807, 2.05) is 0 Å². The molecule has 0 saturated heterocycles. The normalized spacial score (nSPS) is 41.7. The molecule has 0 bridgehead atoms. The van der Waals surface area contributed by atoms with Crippen LogP contribution in [0.3, 0.4) is 0 Å². The van der Waals surface area contributed by atoms with E-state index < -0.39 is 0 Å². The summed E-state index contributed by atoms with van der Waals surface area (Å²) in [6.45, 7) is 15.3. The molecule has 4 aliphatic carbocycles. The molecule has 0 radical (unpaired) electrons. The summed E-state index contributed by atoms with van der Waals surface area (Å²) in [5, 5.41) is 0. The monoisotopic (exact) mass is 410 g/mol. The van der Waals surface area contributed by atoms with Gasteiger partial charge in [0.05, 0.1) is 12.4 Å². The topological polar surface area (TPSA) is 9.23 Å². The van der Waals surface area contributed by atoms with Crippen molar-refractivity contribution < 1.29 is 4.74 Å². The first-order valence-corrected chi connectivity index (χ1v) is 13.0. The highest BCUT2D eigenvalue weighted by Gasteiger charge is 2.58. The Balaban J connectivity index is 1.53. The highest BCUT2D eigenvalue weighted by Crippen LogP contribution is 2.67. The molecule has 0 heterocycles. The first-order valence-electron chi connectivity index (χ1n) is 13.0. The van der Waals surface area contributed by atoms with Crippen LogP contribution < -0.4 is 0 Å². The molecule has 0 N–H and O–H groups in total. The molecule has 1 nitrogen and oxygen atoms in total. The summed E-state index contributed by atoms with van der Waals surface area (Å²) >= 11 is 0. The fraction of sp³-hybridized carbons (Fsp3) is 0.793. The number of ether oxygens (including phenoxy) is 1. The molecule has 0 amide bonds. The summed E-state index contributed by atoms with van der Waals surface area (Å²) in [4.78, 5) is 0. The molecule has 0 aromatic heterocycles. The summed E-state index contributed by atoms with van der Waals surface area (Å²) < 4.78 is 5.90. The minimum atomic E-state index is 0.381. The molecular weight excluding hydrogens is 364 g/mol. The summed E-state index contributed by atoms with van der Waals surface area (Å²) in [7, 11) is 0. The lowest BCUT2D eigenvalue weighted by molar-refractivity contribution is -0.0428. The Morgan fingerprint density at radius 3 is 2.63 bits per heavy atom. The molecule has 7 atom stereocenters. The Morgan fingerprint density at radius 2 is 1.90 bits per heavy atom. The quantitative estimate of drug-likeness (QED) is 0.400. The van der Waals surface area contributed by atoms with Crippen molar-refractivity contribution in [2.24, 2.45) is 46.3 Å². The zero-order chi connectivity index (χ0) is 21.5. The zero-order valence-corrected chi connectivity index (χ0v) is 20.5. The van der Waals surface area contributed by atoms with Crippen molar-refractivity contribution in [3.8, 4) is 0 Å². The molecule has 4 rings (SSSR count). The van der Waals surface area contributed by atoms with Crippen LogP contribution in [0.5, 0.6) is 0 Å². The Morgan fingerprint density at radius 1 is 1.10 bits per heavy atom. The molecule has 0 aliphatic heterocycles. The van der Waals surface area contributed by atoms with Crippen LogP contribution in [-0.4, -0.2) is 6.61 Å². The van der Waals surface area contributed by atoms with Gasteiger partial charge in [-0.25, -0.2) is 0 Å². The van der Waals surface area contributed by atoms with Gasteiger partial charge in [-0.15, -0.1) is 0 Å². The summed E-state index contributed by atoms with van der Waals surface area (Å²) in [6.07, 6.45) is 20.8. The van der Waals surface area contributed by atoms with Gasteiger partial charge in [-0.3, -0.25) is 0 Å². The lowest BCUT2D eigenvalue weighted by Gasteiger charge is -2.57. The van der Waals surface area contributed by atoms with E-state index in [0.29, 0.717) is 10.8 Å². The lowest BCUT2D eigenvalue weighted by atomic mass is 9.47. The fourth-order valence-electron chi connectivity index (χ4n) is 8.20. The smallest absolute Gasteiger partial charge is 0.0962 e. The first-order chi connectivity index (χ1) is 14.3. The fourth-order valence-corrected chi connectivity index (χ4v) is 8.20. The summed E-state index contributed by atoms with van der Waals surface area (Å²) in [5.74, 6) is 6.30. The maximum atomic E-state index is 5.90. The van der Waals surface area contributed by atoms with Crippen molar-refractivity contribution in [3.63, 3.8) is 0 Å². The van der Waals surface area contributed by atoms with Gasteiger partial charge in [-0.05, 0) is 110 Å². The van der Waals surface area contributed by atoms with Crippen molar-refractivity contribution >= 4 is 0 Å². The molecule has 2 fully saturated rings. The van der Waals surface area contributed by atoms with Crippen LogP contribution >= 0.6 is 0 Å². The van der Waals surface area contributed by atoms with Crippen molar-refractivity contribution in [3.05, 3.63) is 35.6 Å². The highest BCUT2D eigenvalue weighted by molar-refractivity contribution is 5.35. The Kier molecular flexibility index (Phi) is 6.31. The third-order valence-corrected chi connectivity index (χ3v) is 9.82. The molecule has 0 spiro atoms. The average Bonchev–Trinajstić information content (AvgIpc) is 3.05. The Bertz CT molecular complexity index is 712. The second-order valence-corrected chi connectivity index (χ2v) is 11.9. The molecule has 1 heteroatoms. The van der Waals surface area contributed by atoms with Gasteiger partial charge in [0.2, 0.25) is 0 Å². The van der Waals surface area contributed by atoms with Gasteiger partial charge < -0.3 is 4.74 Å². The molecular formula is C29H46O. The number of rotatable bonds is 6. The molecule has 0 aromatic rings. The SMILES string of the molecule is CCOC1=CC2=CCC3C4CCC([C@H](C)/C=C/CC(C)C)[C@@]4(C)CCC3[C@@]2(C)CC1. The largest absolute Gasteiger partial charge is 0.498 e. The van der Waals surface area contributed by atoms with Crippen LogP contribution in [0.15, 0.2) is 35.6 Å². The van der Waals surface area contributed by atoms with Crippen LogP contribution in [0, 0.1) is 46.3 Å². The maximum Gasteiger partial charge on any atom is 0.0962 e. The Hall–Kier alpha value is -0.980. The van der Waals surface area contributed by atoms with Gasteiger partial charge in [0.1, 0.15) is 0 Å². The molecule has 4 aliphatic rings. The van der Waals surface area contributed by atoms with E-state index in [1.54, 1.807) is 5.57 Å². The second-order valence-electron chi connectivity index (χ2n) is 11.9. The zero-order valence-electron chi connectivity index (χ0n) is 20.5. The maximum absolute atomic E-state index is 5.90. The van der Waals surface area contributed by atoms with E-state index >= 15 is 0 Å². The molecule has 4 unspecified atom stereocenters. The van der Waals surface area contributed by atoms with Gasteiger partial charge in [0.15, 0.2) is 0 Å². The number of hydrogen-bond acceptors (Lipinski definition) is 1. The molecule has 2 saturated carbocycles. The van der Waals surface area contributed by atoms with E-state index in [-0.39, 0.29) is 0 Å². The van der Waals surface area contributed by atoms with Gasteiger partial charge in [0.25, 0.3) is 0 Å². The van der Waals surface area contributed by atoms with Crippen molar-refractivity contribution in [1.29, 1.82) is 0 Å². The Labute approximate surface area is 186 Å². The minimum Gasteiger partial charge on any atom is -0.498 e. The van der Waals surface area contributed by atoms with Gasteiger partial charge in [0, 0.05) is 6.42 Å². The van der Waals surface area contributed by atoms with Gasteiger partial charge in [-0.2, -0.15) is 0 Å². The highest BCUT2D eigenvalue weighted by atomic mass is 16.5. The van der Waals surface area contributed by atoms with Crippen molar-refractivity contribution in [1.82, 2.24) is 0 Å². The van der Waals surface area contributed by atoms with Crippen molar-refractivity contribution in [2.75, 3.05) is 6.61 Å². The number of hydrogen-bond donors (Lipinski definition) is 0. The van der Waals surface area contributed by atoms with E-state index in [1.165, 1.54) is 50.7 Å². The molecule has 30 heavy (non-hydrogen) atoms. The van der Waals surface area contributed by atoms with Crippen LogP contribution in [0.4, 0.5) is 0 Å². The van der Waals surface area contributed by atoms with Gasteiger partial charge >= 0.3 is 0 Å². The van der Waals surface area contributed by atoms with Gasteiger partial charge in [-0.1, -0.05) is 52.8 Å². The van der Waals surface area contributed by atoms with Crippen LogP contribution in [0.2, 0.25) is 0 Å². The molecule has 0 aromatic carbocycles. The van der Waals surface area contributed by atoms with E-state index in [2.05, 4.69) is 65.8 Å². The average molecular weight is 411 g/mol. The third-order valence-electron chi connectivity index (χ3n) is 9.82. The van der Waals surface area contributed by atoms with Crippen molar-refractivity contribution in [2.45, 2.75) is 92.9 Å². The third kappa shape index (κ3) is 3.73. The van der Waals surface area contributed by atoms with Crippen LogP contribution in [0.1, 0.15) is 92.9 Å². The number of allylic oxidation sites excluding steroid dienone is 6. The summed E-state index contributed by atoms with van der Waals surface area (Å²) in [6, 6.07) is 0. The second kappa shape index (κ2) is 8.51. The van der Waals surface area contributed by atoms with E-state index in [4.69, 9.17) is 4.74 Å². The molecule has 168 valence electrons. The standard InChI is InChI=1S/C29H46O/c1-7-30-23-15-17-28(5)22(19-23)11-12-24-26-14-13-25(21(4)10-8-9-20(2)3)29(26,6)18-16-27(24)28/h8,10-11,19-21,24-27H,7,9,12-18H2,1-6H3/b10-8+/t21-,24?,25?,26?,27?,28+,29-/m1/s1. The predicted octanol–water partition coefficient (Wildman–Crippen LogP) is 8.33. The first kappa shape index (κ1) is 22.2. The lowest BCUT2D eigenvalue weighted by Crippen LogP contribution is -2.49.